The van der Waals surface area contributed by atoms with E-state index < -0.39 is 11.7 Å². The molecule has 0 spiro atoms. The lowest BCUT2D eigenvalue weighted by Gasteiger charge is -2.27. The number of halogens is 3. The third-order valence-corrected chi connectivity index (χ3v) is 7.14. The van der Waals surface area contributed by atoms with Crippen molar-refractivity contribution in [1.82, 2.24) is 25.5 Å². The molecule has 2 aromatic heterocycles. The first kappa shape index (κ1) is 23.0. The van der Waals surface area contributed by atoms with Crippen molar-refractivity contribution in [3.8, 4) is 21.1 Å². The van der Waals surface area contributed by atoms with Crippen LogP contribution in [0.1, 0.15) is 11.1 Å². The SMILES string of the molecule is FC(F)(F)c1ccc2nc(-c3ccc(-c4cccc(CNCCN5CCNCC5)c4)s3)[nH]c2c1. The van der Waals surface area contributed by atoms with E-state index in [0.29, 0.717) is 16.9 Å². The van der Waals surface area contributed by atoms with Crippen molar-refractivity contribution in [2.75, 3.05) is 39.3 Å². The van der Waals surface area contributed by atoms with Crippen LogP contribution in [0.5, 0.6) is 0 Å². The van der Waals surface area contributed by atoms with Gasteiger partial charge in [-0.05, 0) is 47.5 Å². The van der Waals surface area contributed by atoms with Crippen molar-refractivity contribution >= 4 is 22.4 Å². The van der Waals surface area contributed by atoms with Crippen LogP contribution in [0, 0.1) is 0 Å². The third-order valence-electron chi connectivity index (χ3n) is 6.00. The monoisotopic (exact) mass is 485 g/mol. The van der Waals surface area contributed by atoms with Crippen LogP contribution in [0.3, 0.4) is 0 Å². The molecule has 1 saturated heterocycles. The first-order valence-corrected chi connectivity index (χ1v) is 12.2. The zero-order valence-electron chi connectivity index (χ0n) is 18.6. The fraction of sp³-hybridized carbons (Fsp3) is 0.320. The maximum Gasteiger partial charge on any atom is 0.416 e. The Morgan fingerprint density at radius 2 is 1.82 bits per heavy atom. The van der Waals surface area contributed by atoms with E-state index in [0.717, 1.165) is 73.3 Å². The predicted octanol–water partition coefficient (Wildman–Crippen LogP) is 4.97. The van der Waals surface area contributed by atoms with Crippen molar-refractivity contribution in [3.63, 3.8) is 0 Å². The van der Waals surface area contributed by atoms with Crippen LogP contribution in [-0.4, -0.2) is 54.1 Å². The first-order valence-electron chi connectivity index (χ1n) is 11.4. The van der Waals surface area contributed by atoms with Gasteiger partial charge in [0.15, 0.2) is 0 Å². The molecule has 4 aromatic rings. The average Bonchev–Trinajstić information content (AvgIpc) is 3.49. The quantitative estimate of drug-likeness (QED) is 0.324. The number of hydrogen-bond acceptors (Lipinski definition) is 5. The number of alkyl halides is 3. The van der Waals surface area contributed by atoms with Gasteiger partial charge in [0.25, 0.3) is 0 Å². The molecule has 0 unspecified atom stereocenters. The average molecular weight is 486 g/mol. The highest BCUT2D eigenvalue weighted by atomic mass is 32.1. The number of benzene rings is 2. The molecule has 3 heterocycles. The number of aromatic amines is 1. The van der Waals surface area contributed by atoms with Gasteiger partial charge in [0.1, 0.15) is 5.82 Å². The Morgan fingerprint density at radius 3 is 2.65 bits per heavy atom. The van der Waals surface area contributed by atoms with Crippen LogP contribution < -0.4 is 10.6 Å². The normalized spacial score (nSPS) is 15.3. The number of fused-ring (bicyclic) bond motifs is 1. The van der Waals surface area contributed by atoms with Crippen molar-refractivity contribution in [3.05, 3.63) is 65.7 Å². The van der Waals surface area contributed by atoms with Gasteiger partial charge in [-0.25, -0.2) is 4.98 Å². The highest BCUT2D eigenvalue weighted by molar-refractivity contribution is 7.18. The largest absolute Gasteiger partial charge is 0.416 e. The summed E-state index contributed by atoms with van der Waals surface area (Å²) in [5, 5.41) is 6.91. The highest BCUT2D eigenvalue weighted by Gasteiger charge is 2.30. The van der Waals surface area contributed by atoms with Gasteiger partial charge < -0.3 is 15.6 Å². The molecular formula is C25H26F3N5S. The van der Waals surface area contributed by atoms with E-state index in [2.05, 4.69) is 49.8 Å². The molecule has 178 valence electrons. The van der Waals surface area contributed by atoms with Crippen LogP contribution in [0.15, 0.2) is 54.6 Å². The number of H-pyrrole nitrogens is 1. The summed E-state index contributed by atoms with van der Waals surface area (Å²) in [6.07, 6.45) is -4.37. The van der Waals surface area contributed by atoms with E-state index >= 15 is 0 Å². The zero-order chi connectivity index (χ0) is 23.5. The van der Waals surface area contributed by atoms with Crippen molar-refractivity contribution in [1.29, 1.82) is 0 Å². The van der Waals surface area contributed by atoms with E-state index in [4.69, 9.17) is 0 Å². The van der Waals surface area contributed by atoms with E-state index in [-0.39, 0.29) is 0 Å². The van der Waals surface area contributed by atoms with Gasteiger partial charge >= 0.3 is 6.18 Å². The number of thiophene rings is 1. The number of rotatable bonds is 7. The fourth-order valence-electron chi connectivity index (χ4n) is 4.16. The van der Waals surface area contributed by atoms with Gasteiger partial charge in [-0.3, -0.25) is 4.90 Å². The van der Waals surface area contributed by atoms with E-state index in [1.54, 1.807) is 11.3 Å². The summed E-state index contributed by atoms with van der Waals surface area (Å²) in [5.41, 5.74) is 2.56. The zero-order valence-corrected chi connectivity index (χ0v) is 19.4. The molecule has 3 N–H and O–H groups in total. The van der Waals surface area contributed by atoms with Gasteiger partial charge in [0, 0.05) is 50.7 Å². The smallest absolute Gasteiger partial charge is 0.337 e. The maximum atomic E-state index is 13.0. The molecule has 0 bridgehead atoms. The maximum absolute atomic E-state index is 13.0. The molecule has 5 rings (SSSR count). The van der Waals surface area contributed by atoms with E-state index in [9.17, 15) is 13.2 Å². The van der Waals surface area contributed by atoms with E-state index in [1.165, 1.54) is 11.6 Å². The third kappa shape index (κ3) is 5.33. The van der Waals surface area contributed by atoms with Gasteiger partial charge in [-0.15, -0.1) is 11.3 Å². The summed E-state index contributed by atoms with van der Waals surface area (Å²) in [5.74, 6) is 0.580. The van der Waals surface area contributed by atoms with Gasteiger partial charge in [0.05, 0.1) is 21.5 Å². The Hall–Kier alpha value is -2.72. The van der Waals surface area contributed by atoms with Gasteiger partial charge in [-0.1, -0.05) is 18.2 Å². The highest BCUT2D eigenvalue weighted by Crippen LogP contribution is 2.35. The summed E-state index contributed by atoms with van der Waals surface area (Å²) in [6.45, 7) is 7.15. The number of imidazole rings is 1. The molecule has 1 fully saturated rings. The number of hydrogen-bond donors (Lipinski definition) is 3. The second kappa shape index (κ2) is 9.87. The second-order valence-electron chi connectivity index (χ2n) is 8.45. The molecule has 1 aliphatic heterocycles. The van der Waals surface area contributed by atoms with E-state index in [1.807, 2.05) is 12.1 Å². The van der Waals surface area contributed by atoms with Crippen LogP contribution in [0.2, 0.25) is 0 Å². The first-order chi connectivity index (χ1) is 16.5. The minimum absolute atomic E-state index is 0.383. The van der Waals surface area contributed by atoms with Crippen LogP contribution in [-0.2, 0) is 12.7 Å². The molecule has 5 nitrogen and oxygen atoms in total. The topological polar surface area (TPSA) is 56.0 Å². The molecule has 0 saturated carbocycles. The van der Waals surface area contributed by atoms with Crippen LogP contribution in [0.4, 0.5) is 13.2 Å². The number of nitrogens with zero attached hydrogens (tertiary/aromatic N) is 2. The summed E-state index contributed by atoms with van der Waals surface area (Å²) < 4.78 is 39.0. The van der Waals surface area contributed by atoms with Crippen molar-refractivity contribution in [2.24, 2.45) is 0 Å². The standard InChI is InChI=1S/C25H26F3N5S/c26-25(27,28)19-4-5-20-21(15-19)32-24(31-20)23-7-6-22(34-23)18-3-1-2-17(14-18)16-30-10-13-33-11-8-29-9-12-33/h1-7,14-15,29-30H,8-13,16H2,(H,31,32). The van der Waals surface area contributed by atoms with Crippen LogP contribution >= 0.6 is 11.3 Å². The minimum atomic E-state index is -4.37. The minimum Gasteiger partial charge on any atom is -0.337 e. The molecule has 9 heteroatoms. The lowest BCUT2D eigenvalue weighted by atomic mass is 10.1. The number of nitrogens with one attached hydrogen (secondary N) is 3. The molecule has 0 atom stereocenters. The Morgan fingerprint density at radius 1 is 1.00 bits per heavy atom. The summed E-state index contributed by atoms with van der Waals surface area (Å²) in [7, 11) is 0. The van der Waals surface area contributed by atoms with Gasteiger partial charge in [0.2, 0.25) is 0 Å². The van der Waals surface area contributed by atoms with Crippen LogP contribution in [0.25, 0.3) is 32.2 Å². The summed E-state index contributed by atoms with van der Waals surface area (Å²) >= 11 is 1.57. The molecule has 1 aliphatic rings. The molecule has 0 radical (unpaired) electrons. The molecule has 2 aromatic carbocycles. The lowest BCUT2D eigenvalue weighted by molar-refractivity contribution is -0.137. The Kier molecular flexibility index (Phi) is 6.69. The summed E-state index contributed by atoms with van der Waals surface area (Å²) in [4.78, 5) is 12.0. The Balaban J connectivity index is 1.25. The fourth-order valence-corrected chi connectivity index (χ4v) is 5.11. The molecule has 0 aliphatic carbocycles. The van der Waals surface area contributed by atoms with Gasteiger partial charge in [-0.2, -0.15) is 13.2 Å². The van der Waals surface area contributed by atoms with Crippen molar-refractivity contribution in [2.45, 2.75) is 12.7 Å². The van der Waals surface area contributed by atoms with Crippen molar-refractivity contribution < 1.29 is 13.2 Å². The Bertz CT molecular complexity index is 1260. The predicted molar refractivity (Wildman–Crippen MR) is 131 cm³/mol. The summed E-state index contributed by atoms with van der Waals surface area (Å²) in [6, 6.07) is 16.0. The lowest BCUT2D eigenvalue weighted by Crippen LogP contribution is -2.45. The second-order valence-corrected chi connectivity index (χ2v) is 9.53. The molecule has 0 amide bonds. The number of piperazine rings is 1. The molecule has 34 heavy (non-hydrogen) atoms. The Labute approximate surface area is 200 Å². The number of aromatic nitrogens is 2. The molecular weight excluding hydrogens is 459 g/mol.